The smallest absolute Gasteiger partial charge is 0.378 e. The van der Waals surface area contributed by atoms with Crippen molar-refractivity contribution in [3.05, 3.63) is 27.7 Å². The minimum atomic E-state index is -0.716. The van der Waals surface area contributed by atoms with Gasteiger partial charge in [0.1, 0.15) is 0 Å². The summed E-state index contributed by atoms with van der Waals surface area (Å²) in [6.45, 7) is 6.02. The first-order valence-electron chi connectivity index (χ1n) is 8.72. The summed E-state index contributed by atoms with van der Waals surface area (Å²) in [5, 5.41) is 16.1. The van der Waals surface area contributed by atoms with Crippen LogP contribution < -0.4 is 15.4 Å². The van der Waals surface area contributed by atoms with Crippen molar-refractivity contribution < 1.29 is 24.0 Å². The van der Waals surface area contributed by atoms with Gasteiger partial charge in [0, 0.05) is 6.04 Å². The number of rotatable bonds is 6. The maximum absolute atomic E-state index is 12.8. The van der Waals surface area contributed by atoms with Crippen LogP contribution in [0.5, 0.6) is 5.88 Å². The molecule has 1 aliphatic rings. The molecule has 1 amide bonds. The number of esters is 1. The van der Waals surface area contributed by atoms with Crippen LogP contribution in [0.15, 0.2) is 11.0 Å². The van der Waals surface area contributed by atoms with Gasteiger partial charge < -0.3 is 15.2 Å². The SMILES string of the molecule is CCOC(=O)c1c[nH]n2c(=O)c(C(=O)NC3CC3)c(O)[n+](CC(C)C)c12. The lowest BCUT2D eigenvalue weighted by atomic mass is 10.2. The van der Waals surface area contributed by atoms with Gasteiger partial charge in [-0.2, -0.15) is 4.57 Å². The summed E-state index contributed by atoms with van der Waals surface area (Å²) < 4.78 is 7.52. The number of aromatic hydroxyl groups is 1. The molecule has 0 atom stereocenters. The molecule has 0 bridgehead atoms. The number of carbonyl (C=O) groups is 2. The molecule has 9 heteroatoms. The molecule has 9 nitrogen and oxygen atoms in total. The summed E-state index contributed by atoms with van der Waals surface area (Å²) >= 11 is 0. The number of nitrogens with zero attached hydrogens (tertiary/aromatic N) is 2. The molecule has 2 aromatic heterocycles. The predicted octanol–water partition coefficient (Wildman–Crippen LogP) is 0.346. The lowest BCUT2D eigenvalue weighted by Crippen LogP contribution is -2.46. The number of aromatic nitrogens is 3. The molecule has 3 rings (SSSR count). The Bertz CT molecular complexity index is 923. The van der Waals surface area contributed by atoms with Crippen molar-refractivity contribution in [2.24, 2.45) is 5.92 Å². The van der Waals surface area contributed by atoms with Crippen molar-refractivity contribution in [3.8, 4) is 5.88 Å². The second-order valence-corrected chi connectivity index (χ2v) is 6.82. The van der Waals surface area contributed by atoms with Crippen LogP contribution in [0.1, 0.15) is 54.3 Å². The topological polar surface area (TPSA) is 117 Å². The Morgan fingerprint density at radius 1 is 1.46 bits per heavy atom. The molecule has 0 radical (unpaired) electrons. The van der Waals surface area contributed by atoms with E-state index in [1.165, 1.54) is 10.8 Å². The van der Waals surface area contributed by atoms with Crippen molar-refractivity contribution in [3.63, 3.8) is 0 Å². The Morgan fingerprint density at radius 2 is 2.15 bits per heavy atom. The van der Waals surface area contributed by atoms with E-state index < -0.39 is 23.3 Å². The number of amides is 1. The Hall–Kier alpha value is -2.84. The van der Waals surface area contributed by atoms with E-state index in [0.29, 0.717) is 6.54 Å². The van der Waals surface area contributed by atoms with E-state index in [9.17, 15) is 19.5 Å². The molecule has 1 aliphatic carbocycles. The highest BCUT2D eigenvalue weighted by Crippen LogP contribution is 2.20. The van der Waals surface area contributed by atoms with E-state index >= 15 is 0 Å². The van der Waals surface area contributed by atoms with E-state index in [0.717, 1.165) is 17.4 Å². The van der Waals surface area contributed by atoms with Crippen LogP contribution >= 0.6 is 0 Å². The number of hydrogen-bond donors (Lipinski definition) is 3. The number of fused-ring (bicyclic) bond motifs is 1. The molecule has 0 aromatic carbocycles. The van der Waals surface area contributed by atoms with Gasteiger partial charge in [0.2, 0.25) is 5.56 Å². The number of aromatic amines is 1. The third kappa shape index (κ3) is 3.16. The first kappa shape index (κ1) is 18.0. The maximum Gasteiger partial charge on any atom is 0.378 e. The van der Waals surface area contributed by atoms with Gasteiger partial charge in [0.05, 0.1) is 19.3 Å². The summed E-state index contributed by atoms with van der Waals surface area (Å²) in [5.41, 5.74) is -0.768. The van der Waals surface area contributed by atoms with Crippen molar-refractivity contribution in [2.45, 2.75) is 46.2 Å². The molecule has 0 aliphatic heterocycles. The molecule has 1 saturated carbocycles. The summed E-state index contributed by atoms with van der Waals surface area (Å²) in [6.07, 6.45) is 3.06. The fourth-order valence-electron chi connectivity index (χ4n) is 2.82. The van der Waals surface area contributed by atoms with E-state index in [2.05, 4.69) is 10.4 Å². The normalized spacial score (nSPS) is 14.0. The Balaban J connectivity index is 2.23. The van der Waals surface area contributed by atoms with Gasteiger partial charge in [-0.1, -0.05) is 18.4 Å². The quantitative estimate of drug-likeness (QED) is 0.506. The van der Waals surface area contributed by atoms with Crippen LogP contribution in [0.25, 0.3) is 5.65 Å². The zero-order chi connectivity index (χ0) is 19.0. The largest absolute Gasteiger partial charge is 0.477 e. The fraction of sp³-hybridized carbons (Fsp3) is 0.529. The van der Waals surface area contributed by atoms with Crippen LogP contribution in [-0.4, -0.2) is 39.2 Å². The lowest BCUT2D eigenvalue weighted by Gasteiger charge is -2.10. The molecule has 3 N–H and O–H groups in total. The van der Waals surface area contributed by atoms with Crippen molar-refractivity contribution in [1.29, 1.82) is 0 Å². The second kappa shape index (κ2) is 6.81. The minimum Gasteiger partial charge on any atom is -0.477 e. The zero-order valence-corrected chi connectivity index (χ0v) is 15.0. The van der Waals surface area contributed by atoms with E-state index in [1.54, 1.807) is 6.92 Å². The Morgan fingerprint density at radius 3 is 2.73 bits per heavy atom. The van der Waals surface area contributed by atoms with E-state index in [1.807, 2.05) is 13.8 Å². The molecular weight excluding hydrogens is 340 g/mol. The number of hydrogen-bond acceptors (Lipinski definition) is 5. The molecule has 2 heterocycles. The highest BCUT2D eigenvalue weighted by molar-refractivity contribution is 5.97. The average Bonchev–Trinajstić information content (AvgIpc) is 3.25. The summed E-state index contributed by atoms with van der Waals surface area (Å²) in [5.74, 6) is -1.59. The van der Waals surface area contributed by atoms with E-state index in [4.69, 9.17) is 4.74 Å². The first-order valence-corrected chi connectivity index (χ1v) is 8.72. The van der Waals surface area contributed by atoms with Gasteiger partial charge in [-0.3, -0.25) is 4.79 Å². The average molecular weight is 363 g/mol. The van der Waals surface area contributed by atoms with Gasteiger partial charge in [0.25, 0.3) is 5.91 Å². The molecule has 2 aromatic rings. The highest BCUT2D eigenvalue weighted by Gasteiger charge is 2.35. The third-order valence-electron chi connectivity index (χ3n) is 4.13. The fourth-order valence-corrected chi connectivity index (χ4v) is 2.82. The molecule has 1 fully saturated rings. The first-order chi connectivity index (χ1) is 12.3. The minimum absolute atomic E-state index is 0.0410. The molecule has 0 saturated heterocycles. The summed E-state index contributed by atoms with van der Waals surface area (Å²) in [6, 6.07) is 0.0410. The summed E-state index contributed by atoms with van der Waals surface area (Å²) in [4.78, 5) is 37.4. The van der Waals surface area contributed by atoms with Gasteiger partial charge in [-0.05, 0) is 25.7 Å². The third-order valence-corrected chi connectivity index (χ3v) is 4.13. The van der Waals surface area contributed by atoms with Crippen LogP contribution in [0.4, 0.5) is 0 Å². The van der Waals surface area contributed by atoms with Crippen LogP contribution in [0.3, 0.4) is 0 Å². The molecular formula is C17H23N4O5+. The van der Waals surface area contributed by atoms with Gasteiger partial charge in [-0.25, -0.2) is 14.7 Å². The van der Waals surface area contributed by atoms with Crippen molar-refractivity contribution in [1.82, 2.24) is 14.9 Å². The Labute approximate surface area is 149 Å². The van der Waals surface area contributed by atoms with Crippen LogP contribution in [0, 0.1) is 5.92 Å². The highest BCUT2D eigenvalue weighted by atomic mass is 16.5. The molecule has 0 spiro atoms. The number of nitrogens with one attached hydrogen (secondary N) is 2. The van der Waals surface area contributed by atoms with Gasteiger partial charge in [-0.15, -0.1) is 0 Å². The van der Waals surface area contributed by atoms with Crippen LogP contribution in [-0.2, 0) is 11.3 Å². The van der Waals surface area contributed by atoms with E-state index in [-0.39, 0.29) is 35.3 Å². The molecule has 140 valence electrons. The standard InChI is InChI=1S/C17H22N4O5/c1-4-26-17(25)11-7-18-21-14(11)20(8-9(2)3)15(23)12(16(21)24)13(22)19-10-5-6-10/h7,9-10H,4-6,8H2,1-3H3,(H2,19,22,23,24)/p+1. The second-order valence-electron chi connectivity index (χ2n) is 6.82. The lowest BCUT2D eigenvalue weighted by molar-refractivity contribution is -0.686. The number of H-pyrrole nitrogens is 1. The Kier molecular flexibility index (Phi) is 4.71. The van der Waals surface area contributed by atoms with Gasteiger partial charge >= 0.3 is 23.1 Å². The number of ether oxygens (including phenoxy) is 1. The van der Waals surface area contributed by atoms with Crippen LogP contribution in [0.2, 0.25) is 0 Å². The van der Waals surface area contributed by atoms with Crippen molar-refractivity contribution >= 4 is 17.5 Å². The maximum atomic E-state index is 12.8. The zero-order valence-electron chi connectivity index (χ0n) is 15.0. The molecule has 26 heavy (non-hydrogen) atoms. The number of carbonyl (C=O) groups excluding carboxylic acids is 2. The van der Waals surface area contributed by atoms with Gasteiger partial charge in [0.15, 0.2) is 5.56 Å². The summed E-state index contributed by atoms with van der Waals surface area (Å²) in [7, 11) is 0. The van der Waals surface area contributed by atoms with Crippen molar-refractivity contribution in [2.75, 3.05) is 6.61 Å². The molecule has 0 unspecified atom stereocenters. The monoisotopic (exact) mass is 363 g/mol. The predicted molar refractivity (Wildman–Crippen MR) is 91.2 cm³/mol.